The van der Waals surface area contributed by atoms with Crippen molar-refractivity contribution in [2.75, 3.05) is 0 Å². The van der Waals surface area contributed by atoms with Crippen LogP contribution in [0, 0.1) is 5.92 Å². The van der Waals surface area contributed by atoms with Gasteiger partial charge in [-0.05, 0) is 24.5 Å². The first-order valence-corrected chi connectivity index (χ1v) is 7.95. The Labute approximate surface area is 135 Å². The molecule has 1 N–H and O–H groups in total. The molecule has 5 rings (SSSR count). The number of piperidine rings is 1. The van der Waals surface area contributed by atoms with E-state index >= 15 is 0 Å². The topological polar surface area (TPSA) is 53.4 Å². The van der Waals surface area contributed by atoms with E-state index in [1.165, 1.54) is 0 Å². The number of carbonyl (C=O) groups is 1. The molecule has 3 aliphatic rings. The van der Waals surface area contributed by atoms with Crippen LogP contribution in [-0.4, -0.2) is 27.1 Å². The van der Waals surface area contributed by atoms with E-state index < -0.39 is 6.09 Å². The van der Waals surface area contributed by atoms with Crippen molar-refractivity contribution in [3.05, 3.63) is 66.4 Å². The van der Waals surface area contributed by atoms with E-state index in [1.54, 1.807) is 4.90 Å². The summed E-state index contributed by atoms with van der Waals surface area (Å²) in [4.78, 5) is 17.8. The van der Waals surface area contributed by atoms with Crippen molar-refractivity contribution >= 4 is 6.09 Å². The van der Waals surface area contributed by atoms with Gasteiger partial charge in [0.1, 0.15) is 0 Å². The number of hydrogen-bond acceptors (Lipinski definition) is 2. The van der Waals surface area contributed by atoms with Crippen molar-refractivity contribution < 1.29 is 9.90 Å². The maximum atomic E-state index is 11.7. The Balaban J connectivity index is 1.67. The van der Waals surface area contributed by atoms with Gasteiger partial charge in [-0.3, -0.25) is 9.88 Å². The zero-order chi connectivity index (χ0) is 15.8. The van der Waals surface area contributed by atoms with E-state index in [-0.39, 0.29) is 18.0 Å². The first-order valence-electron chi connectivity index (χ1n) is 7.95. The highest BCUT2D eigenvalue weighted by atomic mass is 16.4. The molecule has 1 fully saturated rings. The lowest BCUT2D eigenvalue weighted by Crippen LogP contribution is -2.49. The van der Waals surface area contributed by atoms with Crippen molar-refractivity contribution in [2.45, 2.75) is 24.9 Å². The van der Waals surface area contributed by atoms with E-state index in [9.17, 15) is 9.90 Å². The molecule has 116 valence electrons. The van der Waals surface area contributed by atoms with Gasteiger partial charge in [-0.15, -0.1) is 0 Å². The van der Waals surface area contributed by atoms with Gasteiger partial charge in [-0.1, -0.05) is 48.6 Å². The third-order valence-electron chi connectivity index (χ3n) is 4.86. The molecule has 0 spiro atoms. The van der Waals surface area contributed by atoms with Crippen LogP contribution in [0.15, 0.2) is 60.8 Å². The average Bonchev–Trinajstić information content (AvgIpc) is 2.63. The number of carboxylic acid groups (broad SMARTS) is 1. The fourth-order valence-corrected chi connectivity index (χ4v) is 3.76. The summed E-state index contributed by atoms with van der Waals surface area (Å²) >= 11 is 0. The molecule has 1 aliphatic carbocycles. The smallest absolute Gasteiger partial charge is 0.408 e. The van der Waals surface area contributed by atoms with E-state index in [1.807, 2.05) is 54.7 Å². The largest absolute Gasteiger partial charge is 0.465 e. The molecule has 3 unspecified atom stereocenters. The van der Waals surface area contributed by atoms with Gasteiger partial charge in [0.25, 0.3) is 0 Å². The second kappa shape index (κ2) is 5.54. The third kappa shape index (κ3) is 2.40. The van der Waals surface area contributed by atoms with Crippen LogP contribution in [0.2, 0.25) is 0 Å². The maximum absolute atomic E-state index is 11.7. The summed E-state index contributed by atoms with van der Waals surface area (Å²) in [6.07, 6.45) is 7.14. The molecule has 1 aromatic heterocycles. The molecule has 2 bridgehead atoms. The van der Waals surface area contributed by atoms with Crippen molar-refractivity contribution in [2.24, 2.45) is 5.92 Å². The minimum atomic E-state index is -0.846. The molecular formula is C19H18N2O2. The summed E-state index contributed by atoms with van der Waals surface area (Å²) in [5, 5.41) is 9.60. The first kappa shape index (κ1) is 14.0. The van der Waals surface area contributed by atoms with Crippen molar-refractivity contribution in [3.8, 4) is 11.3 Å². The van der Waals surface area contributed by atoms with Gasteiger partial charge >= 0.3 is 6.09 Å². The van der Waals surface area contributed by atoms with Gasteiger partial charge in [-0.25, -0.2) is 4.79 Å². The molecule has 0 saturated carbocycles. The average molecular weight is 306 g/mol. The van der Waals surface area contributed by atoms with Gasteiger partial charge in [0.2, 0.25) is 0 Å². The number of benzene rings is 1. The number of fused-ring (bicyclic) bond motifs is 2. The van der Waals surface area contributed by atoms with E-state index in [4.69, 9.17) is 0 Å². The Kier molecular flexibility index (Phi) is 3.37. The monoisotopic (exact) mass is 306 g/mol. The molecule has 2 aliphatic heterocycles. The standard InChI is InChI=1S/C19H18N2O2/c22-19(23)21-16-9-6-14(7-10-16)18(21)15-8-11-17(20-12-15)13-4-2-1-3-5-13/h1-6,8-9,11-12,14,16,18H,7,10H2,(H,22,23). The summed E-state index contributed by atoms with van der Waals surface area (Å²) in [6, 6.07) is 13.9. The predicted octanol–water partition coefficient (Wildman–Crippen LogP) is 4.12. The number of rotatable bonds is 2. The lowest BCUT2D eigenvalue weighted by Gasteiger charge is -2.46. The third-order valence-corrected chi connectivity index (χ3v) is 4.86. The van der Waals surface area contributed by atoms with Gasteiger partial charge in [0, 0.05) is 17.7 Å². The highest BCUT2D eigenvalue weighted by Crippen LogP contribution is 2.43. The Bertz CT molecular complexity index is 740. The molecule has 2 aromatic rings. The minimum absolute atomic E-state index is 0.00343. The number of pyridine rings is 1. The number of amides is 1. The molecule has 0 radical (unpaired) electrons. The van der Waals surface area contributed by atoms with Crippen LogP contribution in [0.4, 0.5) is 4.79 Å². The van der Waals surface area contributed by atoms with Crippen molar-refractivity contribution in [1.82, 2.24) is 9.88 Å². The number of aromatic nitrogens is 1. The second-order valence-corrected chi connectivity index (χ2v) is 6.17. The maximum Gasteiger partial charge on any atom is 0.408 e. The fourth-order valence-electron chi connectivity index (χ4n) is 3.76. The van der Waals surface area contributed by atoms with Crippen LogP contribution >= 0.6 is 0 Å². The second-order valence-electron chi connectivity index (χ2n) is 6.17. The van der Waals surface area contributed by atoms with Crippen LogP contribution in [0.25, 0.3) is 11.3 Å². The van der Waals surface area contributed by atoms with Crippen LogP contribution < -0.4 is 0 Å². The molecule has 1 amide bonds. The Morgan fingerprint density at radius 1 is 1.09 bits per heavy atom. The predicted molar refractivity (Wildman–Crippen MR) is 87.9 cm³/mol. The summed E-state index contributed by atoms with van der Waals surface area (Å²) in [6.45, 7) is 0. The first-order chi connectivity index (χ1) is 11.2. The van der Waals surface area contributed by atoms with Crippen LogP contribution in [-0.2, 0) is 0 Å². The quantitative estimate of drug-likeness (QED) is 0.849. The highest BCUT2D eigenvalue weighted by Gasteiger charge is 2.42. The Morgan fingerprint density at radius 2 is 1.91 bits per heavy atom. The molecule has 1 saturated heterocycles. The minimum Gasteiger partial charge on any atom is -0.465 e. The zero-order valence-corrected chi connectivity index (χ0v) is 12.7. The van der Waals surface area contributed by atoms with E-state index in [2.05, 4.69) is 11.1 Å². The van der Waals surface area contributed by atoms with Gasteiger partial charge in [-0.2, -0.15) is 0 Å². The zero-order valence-electron chi connectivity index (χ0n) is 12.7. The molecule has 3 heterocycles. The Hall–Kier alpha value is -2.62. The molecule has 4 nitrogen and oxygen atoms in total. The van der Waals surface area contributed by atoms with E-state index in [0.29, 0.717) is 0 Å². The summed E-state index contributed by atoms with van der Waals surface area (Å²) in [5.74, 6) is 0.250. The summed E-state index contributed by atoms with van der Waals surface area (Å²) in [7, 11) is 0. The normalized spacial score (nSPS) is 25.6. The number of nitrogens with zero attached hydrogens (tertiary/aromatic N) is 2. The lowest BCUT2D eigenvalue weighted by molar-refractivity contribution is 0.0588. The van der Waals surface area contributed by atoms with Gasteiger partial charge in [0.05, 0.1) is 17.8 Å². The molecule has 4 heteroatoms. The van der Waals surface area contributed by atoms with Crippen LogP contribution in [0.5, 0.6) is 0 Å². The Morgan fingerprint density at radius 3 is 2.52 bits per heavy atom. The van der Waals surface area contributed by atoms with E-state index in [0.717, 1.165) is 29.7 Å². The van der Waals surface area contributed by atoms with Crippen molar-refractivity contribution in [1.29, 1.82) is 0 Å². The molecule has 23 heavy (non-hydrogen) atoms. The summed E-state index contributed by atoms with van der Waals surface area (Å²) in [5.41, 5.74) is 2.96. The van der Waals surface area contributed by atoms with Gasteiger partial charge < -0.3 is 5.11 Å². The lowest BCUT2D eigenvalue weighted by atomic mass is 9.77. The number of hydrogen-bond donors (Lipinski definition) is 1. The van der Waals surface area contributed by atoms with Crippen LogP contribution in [0.1, 0.15) is 24.4 Å². The SMILES string of the molecule is O=C(O)N1C2C=CC(CC2)C1c1ccc(-c2ccccc2)nc1. The highest BCUT2D eigenvalue weighted by molar-refractivity contribution is 5.68. The van der Waals surface area contributed by atoms with Crippen LogP contribution in [0.3, 0.4) is 0 Å². The fraction of sp³-hybridized carbons (Fsp3) is 0.263. The molecule has 3 atom stereocenters. The van der Waals surface area contributed by atoms with Crippen molar-refractivity contribution in [3.63, 3.8) is 0 Å². The van der Waals surface area contributed by atoms with Gasteiger partial charge in [0.15, 0.2) is 0 Å². The summed E-state index contributed by atoms with van der Waals surface area (Å²) < 4.78 is 0. The molecular weight excluding hydrogens is 288 g/mol. The molecule has 1 aromatic carbocycles.